The highest BCUT2D eigenvalue weighted by Gasteiger charge is 2.03. The molecule has 0 atom stereocenters. The summed E-state index contributed by atoms with van der Waals surface area (Å²) in [4.78, 5) is 21.2. The monoisotopic (exact) mass is 190 g/mol. The van der Waals surface area contributed by atoms with Crippen LogP contribution in [0.15, 0.2) is 42.5 Å². The van der Waals surface area contributed by atoms with Crippen molar-refractivity contribution in [2.24, 2.45) is 0 Å². The number of hydrogen-bond donors (Lipinski definition) is 0. The van der Waals surface area contributed by atoms with Crippen LogP contribution in [0, 0.1) is 0 Å². The molecule has 1 aromatic carbocycles. The highest BCUT2D eigenvalue weighted by Crippen LogP contribution is 2.00. The molecule has 1 aromatic rings. The van der Waals surface area contributed by atoms with Crippen molar-refractivity contribution in [3.63, 3.8) is 0 Å². The maximum atomic E-state index is 11.3. The Bertz CT molecular complexity index is 328. The summed E-state index contributed by atoms with van der Waals surface area (Å²) in [6.07, 6.45) is 3.41. The van der Waals surface area contributed by atoms with Gasteiger partial charge in [0.15, 0.2) is 0 Å². The van der Waals surface area contributed by atoms with E-state index in [9.17, 15) is 9.59 Å². The third-order valence-electron chi connectivity index (χ3n) is 1.53. The van der Waals surface area contributed by atoms with Gasteiger partial charge in [0, 0.05) is 0 Å². The predicted octanol–water partition coefficient (Wildman–Crippen LogP) is 1.60. The second-order valence-electron chi connectivity index (χ2n) is 2.53. The second-order valence-corrected chi connectivity index (χ2v) is 2.53. The first-order valence-electron chi connectivity index (χ1n) is 4.17. The molecule has 0 aliphatic heterocycles. The average molecular weight is 190 g/mol. The Balaban J connectivity index is 2.43. The van der Waals surface area contributed by atoms with Gasteiger partial charge in [0.05, 0.1) is 5.56 Å². The smallest absolute Gasteiger partial charge is 0.338 e. The van der Waals surface area contributed by atoms with Crippen LogP contribution in [-0.2, 0) is 9.53 Å². The number of rotatable bonds is 4. The van der Waals surface area contributed by atoms with Gasteiger partial charge >= 0.3 is 5.97 Å². The van der Waals surface area contributed by atoms with Crippen LogP contribution in [0.4, 0.5) is 0 Å². The van der Waals surface area contributed by atoms with Gasteiger partial charge in [-0.1, -0.05) is 18.2 Å². The number of carbonyl (C=O) groups is 2. The maximum absolute atomic E-state index is 11.3. The molecule has 1 rings (SSSR count). The first-order chi connectivity index (χ1) is 6.84. The largest absolute Gasteiger partial charge is 0.458 e. The third-order valence-corrected chi connectivity index (χ3v) is 1.53. The molecule has 0 fully saturated rings. The van der Waals surface area contributed by atoms with Crippen LogP contribution in [0.3, 0.4) is 0 Å². The molecule has 72 valence electrons. The van der Waals surface area contributed by atoms with Crippen molar-refractivity contribution in [2.45, 2.75) is 0 Å². The van der Waals surface area contributed by atoms with E-state index in [1.165, 1.54) is 12.2 Å². The lowest BCUT2D eigenvalue weighted by atomic mass is 10.2. The number of esters is 1. The molecule has 0 N–H and O–H groups in total. The van der Waals surface area contributed by atoms with Crippen molar-refractivity contribution in [3.05, 3.63) is 48.0 Å². The van der Waals surface area contributed by atoms with Crippen LogP contribution in [0.5, 0.6) is 0 Å². The van der Waals surface area contributed by atoms with E-state index in [1.54, 1.807) is 24.3 Å². The Labute approximate surface area is 82.0 Å². The van der Waals surface area contributed by atoms with Gasteiger partial charge in [-0.3, -0.25) is 4.79 Å². The summed E-state index contributed by atoms with van der Waals surface area (Å²) in [5, 5.41) is 0. The van der Waals surface area contributed by atoms with Gasteiger partial charge in [0.25, 0.3) is 0 Å². The van der Waals surface area contributed by atoms with Crippen molar-refractivity contribution in [3.8, 4) is 0 Å². The lowest BCUT2D eigenvalue weighted by Crippen LogP contribution is -2.04. The second kappa shape index (κ2) is 5.70. The minimum Gasteiger partial charge on any atom is -0.458 e. The molecule has 0 spiro atoms. The molecule has 0 aliphatic carbocycles. The standard InChI is InChI=1S/C11H10O3/c12-8-4-5-9-14-11(13)10-6-2-1-3-7-10/h1-8H,9H2/b5-4+. The molecular weight excluding hydrogens is 180 g/mol. The zero-order chi connectivity index (χ0) is 10.2. The molecule has 0 amide bonds. The lowest BCUT2D eigenvalue weighted by Gasteiger charge is -2.00. The molecule has 14 heavy (non-hydrogen) atoms. The van der Waals surface area contributed by atoms with Crippen LogP contribution >= 0.6 is 0 Å². The SMILES string of the molecule is O=C/C=C/COC(=O)c1ccccc1. The lowest BCUT2D eigenvalue weighted by molar-refractivity contribution is -0.104. The maximum Gasteiger partial charge on any atom is 0.338 e. The van der Waals surface area contributed by atoms with Crippen LogP contribution in [-0.4, -0.2) is 18.9 Å². The molecule has 0 saturated carbocycles. The molecule has 0 unspecified atom stereocenters. The minimum absolute atomic E-state index is 0.118. The van der Waals surface area contributed by atoms with Crippen molar-refractivity contribution in [1.29, 1.82) is 0 Å². The quantitative estimate of drug-likeness (QED) is 0.411. The topological polar surface area (TPSA) is 43.4 Å². The normalized spacial score (nSPS) is 10.0. The van der Waals surface area contributed by atoms with E-state index in [-0.39, 0.29) is 12.6 Å². The highest BCUT2D eigenvalue weighted by molar-refractivity contribution is 5.89. The molecule has 0 bridgehead atoms. The van der Waals surface area contributed by atoms with E-state index in [2.05, 4.69) is 0 Å². The Hall–Kier alpha value is -1.90. The Morgan fingerprint density at radius 3 is 2.64 bits per heavy atom. The van der Waals surface area contributed by atoms with Crippen molar-refractivity contribution in [1.82, 2.24) is 0 Å². The zero-order valence-corrected chi connectivity index (χ0v) is 7.55. The summed E-state index contributed by atoms with van der Waals surface area (Å²) in [7, 11) is 0. The zero-order valence-electron chi connectivity index (χ0n) is 7.55. The summed E-state index contributed by atoms with van der Waals surface area (Å²) in [5.41, 5.74) is 0.506. The number of aldehydes is 1. The van der Waals surface area contributed by atoms with Crippen molar-refractivity contribution < 1.29 is 14.3 Å². The van der Waals surface area contributed by atoms with Crippen molar-refractivity contribution >= 4 is 12.3 Å². The van der Waals surface area contributed by atoms with Crippen LogP contribution in [0.25, 0.3) is 0 Å². The van der Waals surface area contributed by atoms with E-state index < -0.39 is 0 Å². The number of hydrogen-bond acceptors (Lipinski definition) is 3. The van der Waals surface area contributed by atoms with Crippen LogP contribution in [0.1, 0.15) is 10.4 Å². The van der Waals surface area contributed by atoms with Gasteiger partial charge in [-0.2, -0.15) is 0 Å². The summed E-state index contributed by atoms with van der Waals surface area (Å²) in [5.74, 6) is -0.388. The Morgan fingerprint density at radius 1 is 1.29 bits per heavy atom. The predicted molar refractivity (Wildman–Crippen MR) is 51.9 cm³/mol. The van der Waals surface area contributed by atoms with Gasteiger partial charge in [0.1, 0.15) is 12.9 Å². The molecule has 0 radical (unpaired) electrons. The highest BCUT2D eigenvalue weighted by atomic mass is 16.5. The molecule has 0 aliphatic rings. The van der Waals surface area contributed by atoms with E-state index in [0.717, 1.165) is 0 Å². The number of benzene rings is 1. The van der Waals surface area contributed by atoms with Crippen LogP contribution < -0.4 is 0 Å². The van der Waals surface area contributed by atoms with Gasteiger partial charge in [-0.05, 0) is 24.3 Å². The first-order valence-corrected chi connectivity index (χ1v) is 4.17. The number of ether oxygens (including phenoxy) is 1. The van der Waals surface area contributed by atoms with Gasteiger partial charge < -0.3 is 4.74 Å². The average Bonchev–Trinajstić information content (AvgIpc) is 2.25. The van der Waals surface area contributed by atoms with Gasteiger partial charge in [-0.15, -0.1) is 0 Å². The number of carbonyl (C=O) groups excluding carboxylic acids is 2. The first kappa shape index (κ1) is 10.2. The fourth-order valence-corrected chi connectivity index (χ4v) is 0.892. The fourth-order valence-electron chi connectivity index (χ4n) is 0.892. The van der Waals surface area contributed by atoms with Gasteiger partial charge in [-0.25, -0.2) is 4.79 Å². The molecular formula is C11H10O3. The van der Waals surface area contributed by atoms with Gasteiger partial charge in [0.2, 0.25) is 0 Å². The Kier molecular flexibility index (Phi) is 4.14. The molecule has 0 aromatic heterocycles. The summed E-state index contributed by atoms with van der Waals surface area (Å²) in [6, 6.07) is 8.69. The summed E-state index contributed by atoms with van der Waals surface area (Å²) >= 11 is 0. The Morgan fingerprint density at radius 2 is 2.00 bits per heavy atom. The van der Waals surface area contributed by atoms with Crippen molar-refractivity contribution in [2.75, 3.05) is 6.61 Å². The summed E-state index contributed by atoms with van der Waals surface area (Å²) in [6.45, 7) is 0.118. The van der Waals surface area contributed by atoms with E-state index in [0.29, 0.717) is 11.8 Å². The van der Waals surface area contributed by atoms with E-state index in [4.69, 9.17) is 4.74 Å². The van der Waals surface area contributed by atoms with E-state index in [1.807, 2.05) is 6.07 Å². The van der Waals surface area contributed by atoms with E-state index >= 15 is 0 Å². The fraction of sp³-hybridized carbons (Fsp3) is 0.0909. The minimum atomic E-state index is -0.388. The molecule has 0 heterocycles. The molecule has 3 nitrogen and oxygen atoms in total. The number of allylic oxidation sites excluding steroid dienone is 1. The molecule has 0 saturated heterocycles. The third kappa shape index (κ3) is 3.23. The molecule has 3 heteroatoms. The van der Waals surface area contributed by atoms with Crippen LogP contribution in [0.2, 0.25) is 0 Å². The summed E-state index contributed by atoms with van der Waals surface area (Å²) < 4.78 is 4.85.